The average molecular weight is 499 g/mol. The zero-order valence-corrected chi connectivity index (χ0v) is 19.9. The number of ether oxygens (including phenoxy) is 1. The number of hydrogen-bond donors (Lipinski definition) is 1. The van der Waals surface area contributed by atoms with Crippen LogP contribution in [0.15, 0.2) is 62.2 Å². The van der Waals surface area contributed by atoms with Crippen molar-refractivity contribution in [1.29, 1.82) is 0 Å². The molecule has 0 radical (unpaired) electrons. The zero-order valence-electron chi connectivity index (χ0n) is 18.3. The highest BCUT2D eigenvalue weighted by Crippen LogP contribution is 2.24. The first-order chi connectivity index (χ1) is 15.4. The molecule has 2 heterocycles. The summed E-state index contributed by atoms with van der Waals surface area (Å²) in [6.45, 7) is 7.68. The van der Waals surface area contributed by atoms with Gasteiger partial charge in [-0.15, -0.1) is 0 Å². The van der Waals surface area contributed by atoms with Crippen molar-refractivity contribution in [2.75, 3.05) is 32.8 Å². The highest BCUT2D eigenvalue weighted by molar-refractivity contribution is 9.10. The maximum atomic E-state index is 12.9. The van der Waals surface area contributed by atoms with E-state index in [1.165, 1.54) is 11.6 Å². The van der Waals surface area contributed by atoms with Crippen molar-refractivity contribution in [2.45, 2.75) is 25.8 Å². The first-order valence-corrected chi connectivity index (χ1v) is 11.6. The molecule has 7 heteroatoms. The van der Waals surface area contributed by atoms with Crippen LogP contribution < -0.4 is 10.7 Å². The molecule has 32 heavy (non-hydrogen) atoms. The lowest BCUT2D eigenvalue weighted by Gasteiger charge is -2.35. The van der Waals surface area contributed by atoms with Crippen molar-refractivity contribution in [1.82, 2.24) is 10.2 Å². The third-order valence-electron chi connectivity index (χ3n) is 5.85. The van der Waals surface area contributed by atoms with Gasteiger partial charge in [-0.05, 0) is 35.2 Å². The molecule has 3 aromatic rings. The third-order valence-corrected chi connectivity index (χ3v) is 6.34. The van der Waals surface area contributed by atoms with Gasteiger partial charge in [-0.1, -0.05) is 54.0 Å². The van der Waals surface area contributed by atoms with E-state index in [9.17, 15) is 9.59 Å². The normalized spacial score (nSPS) is 15.8. The molecular formula is C25H27BrN2O4. The summed E-state index contributed by atoms with van der Waals surface area (Å²) in [7, 11) is 0. The Labute approximate surface area is 195 Å². The Hall–Kier alpha value is -2.48. The van der Waals surface area contributed by atoms with Crippen LogP contribution in [0.5, 0.6) is 0 Å². The number of rotatable bonds is 6. The standard InChI is InChI=1S/C25H27BrN2O4/c1-16(2)17-3-5-18(6-4-17)21(28-9-11-31-12-10-28)15-27-25(30)24-14-22(29)20-8-7-19(26)13-23(20)32-24/h3-8,13-14,16,21H,9-12,15H2,1-2H3,(H,27,30)/t21-/m0/s1. The monoisotopic (exact) mass is 498 g/mol. The largest absolute Gasteiger partial charge is 0.451 e. The molecule has 1 aliphatic heterocycles. The van der Waals surface area contributed by atoms with Gasteiger partial charge < -0.3 is 14.5 Å². The van der Waals surface area contributed by atoms with Gasteiger partial charge >= 0.3 is 0 Å². The molecule has 1 aromatic heterocycles. The predicted octanol–water partition coefficient (Wildman–Crippen LogP) is 4.48. The van der Waals surface area contributed by atoms with Crippen LogP contribution in [0, 0.1) is 0 Å². The topological polar surface area (TPSA) is 71.8 Å². The van der Waals surface area contributed by atoms with Gasteiger partial charge in [0, 0.05) is 30.2 Å². The van der Waals surface area contributed by atoms with Gasteiger partial charge in [-0.3, -0.25) is 14.5 Å². The number of nitrogens with one attached hydrogen (secondary N) is 1. The molecule has 0 unspecified atom stereocenters. The lowest BCUT2D eigenvalue weighted by molar-refractivity contribution is 0.0161. The number of halogens is 1. The van der Waals surface area contributed by atoms with Crippen molar-refractivity contribution in [3.8, 4) is 0 Å². The molecule has 1 aliphatic rings. The Kier molecular flexibility index (Phi) is 7.08. The van der Waals surface area contributed by atoms with Crippen molar-refractivity contribution in [2.24, 2.45) is 0 Å². The highest BCUT2D eigenvalue weighted by atomic mass is 79.9. The van der Waals surface area contributed by atoms with Crippen LogP contribution in [-0.4, -0.2) is 43.7 Å². The van der Waals surface area contributed by atoms with Crippen LogP contribution in [0.1, 0.15) is 47.5 Å². The highest BCUT2D eigenvalue weighted by Gasteiger charge is 2.24. The van der Waals surface area contributed by atoms with Crippen molar-refractivity contribution in [3.05, 3.63) is 80.1 Å². The molecule has 6 nitrogen and oxygen atoms in total. The fraction of sp³-hybridized carbons (Fsp3) is 0.360. The summed E-state index contributed by atoms with van der Waals surface area (Å²) in [5.41, 5.74) is 2.56. The number of carbonyl (C=O) groups excluding carboxylic acids is 1. The maximum absolute atomic E-state index is 12.9. The van der Waals surface area contributed by atoms with Gasteiger partial charge in [-0.2, -0.15) is 0 Å². The second-order valence-electron chi connectivity index (χ2n) is 8.31. The number of hydrogen-bond acceptors (Lipinski definition) is 5. The molecule has 0 saturated carbocycles. The summed E-state index contributed by atoms with van der Waals surface area (Å²) in [6.07, 6.45) is 0. The SMILES string of the molecule is CC(C)c1ccc([C@H](CNC(=O)c2cc(=O)c3ccc(Br)cc3o2)N2CCOCC2)cc1. The van der Waals surface area contributed by atoms with Crippen LogP contribution in [0.2, 0.25) is 0 Å². The predicted molar refractivity (Wildman–Crippen MR) is 128 cm³/mol. The first kappa shape index (κ1) is 22.7. The Morgan fingerprint density at radius 1 is 1.06 bits per heavy atom. The zero-order chi connectivity index (χ0) is 22.7. The number of nitrogens with zero attached hydrogens (tertiary/aromatic N) is 1. The smallest absolute Gasteiger partial charge is 0.287 e. The molecule has 2 aromatic carbocycles. The fourth-order valence-electron chi connectivity index (χ4n) is 3.97. The molecule has 1 atom stereocenters. The summed E-state index contributed by atoms with van der Waals surface area (Å²) in [4.78, 5) is 27.6. The maximum Gasteiger partial charge on any atom is 0.287 e. The Morgan fingerprint density at radius 3 is 2.44 bits per heavy atom. The molecule has 0 spiro atoms. The van der Waals surface area contributed by atoms with Crippen molar-refractivity contribution < 1.29 is 13.9 Å². The van der Waals surface area contributed by atoms with Gasteiger partial charge in [0.1, 0.15) is 5.58 Å². The summed E-state index contributed by atoms with van der Waals surface area (Å²) in [5, 5.41) is 3.42. The van der Waals surface area contributed by atoms with E-state index in [4.69, 9.17) is 9.15 Å². The minimum Gasteiger partial charge on any atom is -0.451 e. The molecule has 1 fully saturated rings. The lowest BCUT2D eigenvalue weighted by Crippen LogP contribution is -2.43. The molecular weight excluding hydrogens is 472 g/mol. The van der Waals surface area contributed by atoms with Gasteiger partial charge in [0.15, 0.2) is 11.2 Å². The van der Waals surface area contributed by atoms with E-state index >= 15 is 0 Å². The summed E-state index contributed by atoms with van der Waals surface area (Å²) in [5.74, 6) is 0.0685. The second kappa shape index (κ2) is 9.98. The molecule has 1 N–H and O–H groups in total. The first-order valence-electron chi connectivity index (χ1n) is 10.9. The van der Waals surface area contributed by atoms with Crippen molar-refractivity contribution >= 4 is 32.8 Å². The Morgan fingerprint density at radius 2 is 1.75 bits per heavy atom. The van der Waals surface area contributed by atoms with E-state index in [1.807, 2.05) is 0 Å². The Bertz CT molecular complexity index is 1150. The molecule has 0 bridgehead atoms. The average Bonchev–Trinajstić information content (AvgIpc) is 2.79. The van der Waals surface area contributed by atoms with Crippen LogP contribution in [0.25, 0.3) is 11.0 Å². The van der Waals surface area contributed by atoms with Crippen LogP contribution in [-0.2, 0) is 4.74 Å². The summed E-state index contributed by atoms with van der Waals surface area (Å²) >= 11 is 3.37. The number of carbonyl (C=O) groups is 1. The quantitative estimate of drug-likeness (QED) is 0.542. The number of benzene rings is 2. The van der Waals surface area contributed by atoms with E-state index in [0.29, 0.717) is 36.6 Å². The molecule has 1 amide bonds. The van der Waals surface area contributed by atoms with Gasteiger partial charge in [0.05, 0.1) is 24.6 Å². The van der Waals surface area contributed by atoms with Crippen molar-refractivity contribution in [3.63, 3.8) is 0 Å². The minimum atomic E-state index is -0.402. The minimum absolute atomic E-state index is 0.00499. The number of fused-ring (bicyclic) bond motifs is 1. The fourth-order valence-corrected chi connectivity index (χ4v) is 4.31. The van der Waals surface area contributed by atoms with E-state index in [2.05, 4.69) is 64.3 Å². The van der Waals surface area contributed by atoms with E-state index in [1.54, 1.807) is 18.2 Å². The number of amides is 1. The van der Waals surface area contributed by atoms with Crippen LogP contribution in [0.3, 0.4) is 0 Å². The van der Waals surface area contributed by atoms with E-state index in [0.717, 1.165) is 23.1 Å². The van der Waals surface area contributed by atoms with Crippen LogP contribution in [0.4, 0.5) is 0 Å². The summed E-state index contributed by atoms with van der Waals surface area (Å²) in [6, 6.07) is 15.0. The molecule has 1 saturated heterocycles. The van der Waals surface area contributed by atoms with Crippen LogP contribution >= 0.6 is 15.9 Å². The third kappa shape index (κ3) is 5.11. The lowest BCUT2D eigenvalue weighted by atomic mass is 9.98. The second-order valence-corrected chi connectivity index (χ2v) is 9.23. The van der Waals surface area contributed by atoms with Gasteiger partial charge in [0.2, 0.25) is 0 Å². The van der Waals surface area contributed by atoms with E-state index in [-0.39, 0.29) is 17.2 Å². The molecule has 0 aliphatic carbocycles. The summed E-state index contributed by atoms with van der Waals surface area (Å²) < 4.78 is 12.0. The Balaban J connectivity index is 1.55. The van der Waals surface area contributed by atoms with Gasteiger partial charge in [0.25, 0.3) is 5.91 Å². The van der Waals surface area contributed by atoms with Gasteiger partial charge in [-0.25, -0.2) is 0 Å². The number of morpholine rings is 1. The molecule has 4 rings (SSSR count). The molecule has 168 valence electrons. The van der Waals surface area contributed by atoms with E-state index < -0.39 is 5.91 Å².